The number of hydrogen-bond donors (Lipinski definition) is 0. The molecule has 1 aliphatic rings. The van der Waals surface area contributed by atoms with Crippen molar-refractivity contribution in [3.8, 4) is 5.69 Å². The lowest BCUT2D eigenvalue weighted by Crippen LogP contribution is -2.36. The predicted molar refractivity (Wildman–Crippen MR) is 105 cm³/mol. The zero-order valence-corrected chi connectivity index (χ0v) is 16.0. The van der Waals surface area contributed by atoms with Gasteiger partial charge in [-0.25, -0.2) is 9.67 Å². The lowest BCUT2D eigenvalue weighted by Gasteiger charge is -2.27. The van der Waals surface area contributed by atoms with E-state index in [4.69, 9.17) is 0 Å². The van der Waals surface area contributed by atoms with Gasteiger partial charge in [-0.2, -0.15) is 0 Å². The van der Waals surface area contributed by atoms with Gasteiger partial charge < -0.3 is 4.90 Å². The highest BCUT2D eigenvalue weighted by molar-refractivity contribution is 5.90. The van der Waals surface area contributed by atoms with Crippen LogP contribution in [0.5, 0.6) is 0 Å². The molecule has 1 aromatic heterocycles. The van der Waals surface area contributed by atoms with E-state index >= 15 is 0 Å². The normalized spacial score (nSPS) is 13.7. The number of para-hydroxylation sites is 1. The van der Waals surface area contributed by atoms with Crippen molar-refractivity contribution in [3.05, 3.63) is 76.9 Å². The Hall–Kier alpha value is -2.95. The Morgan fingerprint density at radius 1 is 1.04 bits per heavy atom. The summed E-state index contributed by atoms with van der Waals surface area (Å²) in [5.41, 5.74) is 4.71. The average molecular weight is 360 g/mol. The van der Waals surface area contributed by atoms with Crippen LogP contribution in [0.3, 0.4) is 0 Å². The van der Waals surface area contributed by atoms with Crippen LogP contribution in [0.2, 0.25) is 0 Å². The van der Waals surface area contributed by atoms with E-state index in [9.17, 15) is 4.79 Å². The molecule has 2 heterocycles. The summed E-state index contributed by atoms with van der Waals surface area (Å²) in [4.78, 5) is 19.3. The Morgan fingerprint density at radius 3 is 2.52 bits per heavy atom. The molecule has 0 saturated heterocycles. The second-order valence-electron chi connectivity index (χ2n) is 7.35. The van der Waals surface area contributed by atoms with E-state index in [-0.39, 0.29) is 11.7 Å². The monoisotopic (exact) mass is 360 g/mol. The van der Waals surface area contributed by atoms with Gasteiger partial charge in [-0.05, 0) is 42.0 Å². The SMILES string of the molecule is Cc1nc(C(=O)N2CCc3ccccc3C2)nn1-c1ccccc1C(C)C. The standard InChI is InChI=1S/C22H24N4O/c1-15(2)19-10-6-7-11-20(19)26-16(3)23-21(24-26)22(27)25-13-12-17-8-4-5-9-18(17)14-25/h4-11,15H,12-14H2,1-3H3. The van der Waals surface area contributed by atoms with Crippen molar-refractivity contribution in [3.63, 3.8) is 0 Å². The van der Waals surface area contributed by atoms with Crippen molar-refractivity contribution in [2.75, 3.05) is 6.54 Å². The number of carbonyl (C=O) groups is 1. The molecule has 0 atom stereocenters. The maximum absolute atomic E-state index is 13.0. The summed E-state index contributed by atoms with van der Waals surface area (Å²) in [7, 11) is 0. The zero-order valence-electron chi connectivity index (χ0n) is 16.0. The molecule has 5 heteroatoms. The molecule has 0 saturated carbocycles. The van der Waals surface area contributed by atoms with Crippen molar-refractivity contribution < 1.29 is 4.79 Å². The van der Waals surface area contributed by atoms with Crippen LogP contribution in [-0.2, 0) is 13.0 Å². The molecule has 27 heavy (non-hydrogen) atoms. The quantitative estimate of drug-likeness (QED) is 0.712. The Balaban J connectivity index is 1.64. The molecule has 0 aliphatic carbocycles. The molecular formula is C22H24N4O. The van der Waals surface area contributed by atoms with Crippen LogP contribution in [0.25, 0.3) is 5.69 Å². The lowest BCUT2D eigenvalue weighted by atomic mass is 10.00. The van der Waals surface area contributed by atoms with Crippen LogP contribution in [0.15, 0.2) is 48.5 Å². The van der Waals surface area contributed by atoms with Crippen LogP contribution < -0.4 is 0 Å². The van der Waals surface area contributed by atoms with Crippen LogP contribution in [0.1, 0.15) is 52.9 Å². The second kappa shape index (κ2) is 6.99. The van der Waals surface area contributed by atoms with Gasteiger partial charge in [0.15, 0.2) is 0 Å². The van der Waals surface area contributed by atoms with Gasteiger partial charge in [0, 0.05) is 13.1 Å². The Bertz CT molecular complexity index is 989. The number of hydrogen-bond acceptors (Lipinski definition) is 3. The van der Waals surface area contributed by atoms with Gasteiger partial charge in [0.2, 0.25) is 5.82 Å². The number of fused-ring (bicyclic) bond motifs is 1. The molecule has 4 rings (SSSR count). The van der Waals surface area contributed by atoms with E-state index in [1.54, 1.807) is 4.68 Å². The van der Waals surface area contributed by atoms with Crippen molar-refractivity contribution >= 4 is 5.91 Å². The van der Waals surface area contributed by atoms with Crippen LogP contribution >= 0.6 is 0 Å². The smallest absolute Gasteiger partial charge is 0.293 e. The number of benzene rings is 2. The fourth-order valence-corrected chi connectivity index (χ4v) is 3.69. The van der Waals surface area contributed by atoms with E-state index in [2.05, 4.69) is 48.2 Å². The van der Waals surface area contributed by atoms with Crippen molar-refractivity contribution in [1.82, 2.24) is 19.7 Å². The van der Waals surface area contributed by atoms with Crippen molar-refractivity contribution in [2.45, 2.75) is 39.7 Å². The Labute approximate surface area is 159 Å². The highest BCUT2D eigenvalue weighted by Gasteiger charge is 2.25. The van der Waals surface area contributed by atoms with Gasteiger partial charge in [-0.15, -0.1) is 5.10 Å². The Kier molecular flexibility index (Phi) is 4.52. The lowest BCUT2D eigenvalue weighted by molar-refractivity contribution is 0.0722. The van der Waals surface area contributed by atoms with E-state index in [0.29, 0.717) is 19.0 Å². The van der Waals surface area contributed by atoms with Crippen LogP contribution in [-0.4, -0.2) is 32.1 Å². The molecule has 2 aromatic carbocycles. The molecule has 1 aliphatic heterocycles. The Morgan fingerprint density at radius 2 is 1.74 bits per heavy atom. The maximum atomic E-state index is 13.0. The third-order valence-electron chi connectivity index (χ3n) is 5.17. The first kappa shape index (κ1) is 17.5. The molecule has 3 aromatic rings. The van der Waals surface area contributed by atoms with Crippen molar-refractivity contribution in [2.24, 2.45) is 0 Å². The number of rotatable bonds is 3. The van der Waals surface area contributed by atoms with Gasteiger partial charge >= 0.3 is 0 Å². The molecule has 0 N–H and O–H groups in total. The summed E-state index contributed by atoms with van der Waals surface area (Å²) in [5.74, 6) is 1.25. The topological polar surface area (TPSA) is 51.0 Å². The first-order valence-electron chi connectivity index (χ1n) is 9.43. The van der Waals surface area contributed by atoms with Crippen molar-refractivity contribution in [1.29, 1.82) is 0 Å². The molecule has 0 fully saturated rings. The van der Waals surface area contributed by atoms with Gasteiger partial charge in [-0.3, -0.25) is 4.79 Å². The fourth-order valence-electron chi connectivity index (χ4n) is 3.69. The molecule has 0 unspecified atom stereocenters. The zero-order chi connectivity index (χ0) is 19.0. The maximum Gasteiger partial charge on any atom is 0.293 e. The number of amides is 1. The number of aromatic nitrogens is 3. The molecule has 1 amide bonds. The molecule has 0 radical (unpaired) electrons. The largest absolute Gasteiger partial charge is 0.331 e. The van der Waals surface area contributed by atoms with E-state index in [1.807, 2.05) is 36.1 Å². The summed E-state index contributed by atoms with van der Waals surface area (Å²) in [6.07, 6.45) is 0.873. The first-order valence-corrected chi connectivity index (χ1v) is 9.43. The number of carbonyl (C=O) groups excluding carboxylic acids is 1. The number of aryl methyl sites for hydroxylation is 1. The van der Waals surface area contributed by atoms with Gasteiger partial charge in [0.25, 0.3) is 5.91 Å². The summed E-state index contributed by atoms with van der Waals surface area (Å²) in [5, 5.41) is 4.57. The summed E-state index contributed by atoms with van der Waals surface area (Å²) in [6.45, 7) is 7.52. The molecule has 0 bridgehead atoms. The third kappa shape index (κ3) is 3.25. The van der Waals surface area contributed by atoms with Crippen LogP contribution in [0, 0.1) is 6.92 Å². The molecule has 138 valence electrons. The minimum absolute atomic E-state index is 0.103. The minimum atomic E-state index is -0.103. The van der Waals surface area contributed by atoms with Crippen LogP contribution in [0.4, 0.5) is 0 Å². The highest BCUT2D eigenvalue weighted by Crippen LogP contribution is 2.24. The van der Waals surface area contributed by atoms with E-state index in [1.165, 1.54) is 16.7 Å². The van der Waals surface area contributed by atoms with E-state index < -0.39 is 0 Å². The fraction of sp³-hybridized carbons (Fsp3) is 0.318. The summed E-state index contributed by atoms with van der Waals surface area (Å²) < 4.78 is 1.79. The minimum Gasteiger partial charge on any atom is -0.331 e. The van der Waals surface area contributed by atoms with Gasteiger partial charge in [-0.1, -0.05) is 56.3 Å². The first-order chi connectivity index (χ1) is 13.0. The number of nitrogens with zero attached hydrogens (tertiary/aromatic N) is 4. The molecular weight excluding hydrogens is 336 g/mol. The third-order valence-corrected chi connectivity index (χ3v) is 5.17. The predicted octanol–water partition coefficient (Wildman–Crippen LogP) is 3.90. The van der Waals surface area contributed by atoms with E-state index in [0.717, 1.165) is 17.9 Å². The summed E-state index contributed by atoms with van der Waals surface area (Å²) in [6, 6.07) is 16.4. The summed E-state index contributed by atoms with van der Waals surface area (Å²) >= 11 is 0. The van der Waals surface area contributed by atoms with Gasteiger partial charge in [0.1, 0.15) is 5.82 Å². The highest BCUT2D eigenvalue weighted by atomic mass is 16.2. The van der Waals surface area contributed by atoms with Gasteiger partial charge in [0.05, 0.1) is 5.69 Å². The average Bonchev–Trinajstić information content (AvgIpc) is 3.08. The molecule has 0 spiro atoms. The second-order valence-corrected chi connectivity index (χ2v) is 7.35. The molecule has 5 nitrogen and oxygen atoms in total.